The van der Waals surface area contributed by atoms with Crippen LogP contribution in [0.1, 0.15) is 10.4 Å². The first-order valence-corrected chi connectivity index (χ1v) is 8.68. The number of hydrogen-bond donors (Lipinski definition) is 1. The van der Waals surface area contributed by atoms with Crippen LogP contribution in [0, 0.1) is 0 Å². The van der Waals surface area contributed by atoms with E-state index in [-0.39, 0.29) is 11.5 Å². The SMILES string of the molecule is COc1cccc(NC(=O)c2ccc3c(=O)n(-c4ccccc4)cnc3c2)c1. The second-order valence-electron chi connectivity index (χ2n) is 6.17. The number of hydrogen-bond acceptors (Lipinski definition) is 4. The molecular formula is C22H17N3O3. The summed E-state index contributed by atoms with van der Waals surface area (Å²) in [7, 11) is 1.57. The van der Waals surface area contributed by atoms with Crippen molar-refractivity contribution in [1.82, 2.24) is 9.55 Å². The Bertz CT molecular complexity index is 1220. The van der Waals surface area contributed by atoms with E-state index >= 15 is 0 Å². The molecule has 28 heavy (non-hydrogen) atoms. The molecule has 0 spiro atoms. The molecule has 1 N–H and O–H groups in total. The van der Waals surface area contributed by atoms with Gasteiger partial charge in [0.2, 0.25) is 0 Å². The Kier molecular flexibility index (Phi) is 4.60. The number of para-hydroxylation sites is 1. The van der Waals surface area contributed by atoms with E-state index in [4.69, 9.17) is 4.74 Å². The molecule has 1 amide bonds. The van der Waals surface area contributed by atoms with Crippen molar-refractivity contribution >= 4 is 22.5 Å². The highest BCUT2D eigenvalue weighted by atomic mass is 16.5. The van der Waals surface area contributed by atoms with Crippen molar-refractivity contribution in [2.24, 2.45) is 0 Å². The molecule has 0 unspecified atom stereocenters. The summed E-state index contributed by atoms with van der Waals surface area (Å²) in [5.41, 5.74) is 2.06. The number of rotatable bonds is 4. The predicted octanol–water partition coefficient (Wildman–Crippen LogP) is 3.65. The summed E-state index contributed by atoms with van der Waals surface area (Å²) in [6.45, 7) is 0. The topological polar surface area (TPSA) is 73.2 Å². The smallest absolute Gasteiger partial charge is 0.265 e. The lowest BCUT2D eigenvalue weighted by Crippen LogP contribution is -2.19. The highest BCUT2D eigenvalue weighted by Gasteiger charge is 2.11. The van der Waals surface area contributed by atoms with Gasteiger partial charge >= 0.3 is 0 Å². The Labute approximate surface area is 161 Å². The number of carbonyl (C=O) groups is 1. The van der Waals surface area contributed by atoms with Gasteiger partial charge in [0.15, 0.2) is 0 Å². The molecule has 0 atom stereocenters. The van der Waals surface area contributed by atoms with Gasteiger partial charge in [0, 0.05) is 17.3 Å². The van der Waals surface area contributed by atoms with E-state index in [9.17, 15) is 9.59 Å². The van der Waals surface area contributed by atoms with Crippen LogP contribution in [0.2, 0.25) is 0 Å². The number of carbonyl (C=O) groups excluding carboxylic acids is 1. The fourth-order valence-electron chi connectivity index (χ4n) is 2.94. The molecule has 6 heteroatoms. The maximum atomic E-state index is 12.8. The summed E-state index contributed by atoms with van der Waals surface area (Å²) in [4.78, 5) is 29.7. The molecular weight excluding hydrogens is 354 g/mol. The van der Waals surface area contributed by atoms with Gasteiger partial charge in [-0.25, -0.2) is 4.98 Å². The lowest BCUT2D eigenvalue weighted by Gasteiger charge is -2.09. The molecule has 4 aromatic rings. The third-order valence-corrected chi connectivity index (χ3v) is 4.38. The number of amides is 1. The number of aromatic nitrogens is 2. The lowest BCUT2D eigenvalue weighted by molar-refractivity contribution is 0.102. The van der Waals surface area contributed by atoms with Gasteiger partial charge in [0.25, 0.3) is 11.5 Å². The summed E-state index contributed by atoms with van der Waals surface area (Å²) in [5.74, 6) is 0.364. The van der Waals surface area contributed by atoms with Crippen molar-refractivity contribution in [3.8, 4) is 11.4 Å². The molecule has 4 rings (SSSR count). The van der Waals surface area contributed by atoms with Crippen molar-refractivity contribution in [3.05, 3.63) is 95.0 Å². The van der Waals surface area contributed by atoms with Crippen molar-refractivity contribution in [1.29, 1.82) is 0 Å². The van der Waals surface area contributed by atoms with Crippen LogP contribution in [0.5, 0.6) is 5.75 Å². The van der Waals surface area contributed by atoms with Gasteiger partial charge in [0.1, 0.15) is 12.1 Å². The molecule has 0 bridgehead atoms. The zero-order valence-corrected chi connectivity index (χ0v) is 15.1. The number of fused-ring (bicyclic) bond motifs is 1. The van der Waals surface area contributed by atoms with Crippen LogP contribution < -0.4 is 15.6 Å². The second kappa shape index (κ2) is 7.36. The fraction of sp³-hybridized carbons (Fsp3) is 0.0455. The average Bonchev–Trinajstić information content (AvgIpc) is 2.74. The second-order valence-corrected chi connectivity index (χ2v) is 6.17. The molecule has 138 valence electrons. The third-order valence-electron chi connectivity index (χ3n) is 4.38. The molecule has 0 saturated carbocycles. The standard InChI is InChI=1S/C22H17N3O3/c1-28-18-9-5-6-16(13-18)24-21(26)15-10-11-19-20(12-15)23-14-25(22(19)27)17-7-3-2-4-8-17/h2-14H,1H3,(H,24,26). The van der Waals surface area contributed by atoms with Gasteiger partial charge in [-0.1, -0.05) is 24.3 Å². The van der Waals surface area contributed by atoms with Crippen LogP contribution in [-0.2, 0) is 0 Å². The highest BCUT2D eigenvalue weighted by Crippen LogP contribution is 2.18. The summed E-state index contributed by atoms with van der Waals surface area (Å²) < 4.78 is 6.65. The predicted molar refractivity (Wildman–Crippen MR) is 108 cm³/mol. The van der Waals surface area contributed by atoms with Gasteiger partial charge in [-0.2, -0.15) is 0 Å². The summed E-state index contributed by atoms with van der Waals surface area (Å²) in [6.07, 6.45) is 1.48. The minimum atomic E-state index is -0.288. The van der Waals surface area contributed by atoms with Crippen LogP contribution in [0.25, 0.3) is 16.6 Å². The molecule has 6 nitrogen and oxygen atoms in total. The summed E-state index contributed by atoms with van der Waals surface area (Å²) in [5, 5.41) is 3.27. The number of nitrogens with one attached hydrogen (secondary N) is 1. The van der Waals surface area contributed by atoms with Crippen LogP contribution in [0.4, 0.5) is 5.69 Å². The quantitative estimate of drug-likeness (QED) is 0.594. The largest absolute Gasteiger partial charge is 0.497 e. The monoisotopic (exact) mass is 371 g/mol. The Morgan fingerprint density at radius 2 is 1.82 bits per heavy atom. The van der Waals surface area contributed by atoms with Crippen LogP contribution in [0.3, 0.4) is 0 Å². The first-order valence-electron chi connectivity index (χ1n) is 8.68. The first-order chi connectivity index (χ1) is 13.7. The average molecular weight is 371 g/mol. The van der Waals surface area contributed by atoms with Crippen molar-refractivity contribution < 1.29 is 9.53 Å². The maximum absolute atomic E-state index is 12.8. The molecule has 0 aliphatic heterocycles. The maximum Gasteiger partial charge on any atom is 0.265 e. The molecule has 0 aliphatic rings. The van der Waals surface area contributed by atoms with Gasteiger partial charge in [-0.3, -0.25) is 14.2 Å². The lowest BCUT2D eigenvalue weighted by atomic mass is 10.1. The van der Waals surface area contributed by atoms with E-state index in [0.717, 1.165) is 5.69 Å². The number of anilines is 1. The fourth-order valence-corrected chi connectivity index (χ4v) is 2.94. The molecule has 1 aromatic heterocycles. The van der Waals surface area contributed by atoms with Gasteiger partial charge in [-0.15, -0.1) is 0 Å². The van der Waals surface area contributed by atoms with Crippen molar-refractivity contribution in [2.75, 3.05) is 12.4 Å². The normalized spacial score (nSPS) is 10.6. The van der Waals surface area contributed by atoms with Gasteiger partial charge in [-0.05, 0) is 42.5 Å². The zero-order valence-electron chi connectivity index (χ0n) is 15.1. The minimum absolute atomic E-state index is 0.184. The van der Waals surface area contributed by atoms with Gasteiger partial charge < -0.3 is 10.1 Å². The highest BCUT2D eigenvalue weighted by molar-refractivity contribution is 6.06. The zero-order chi connectivity index (χ0) is 19.5. The Morgan fingerprint density at radius 1 is 1.00 bits per heavy atom. The number of methoxy groups -OCH3 is 1. The van der Waals surface area contributed by atoms with Crippen molar-refractivity contribution in [3.63, 3.8) is 0 Å². The molecule has 0 fully saturated rings. The number of benzene rings is 3. The van der Waals surface area contributed by atoms with Crippen LogP contribution in [0.15, 0.2) is 83.9 Å². The molecule has 1 heterocycles. The third kappa shape index (κ3) is 3.35. The number of nitrogens with zero attached hydrogens (tertiary/aromatic N) is 2. The van der Waals surface area contributed by atoms with Crippen molar-refractivity contribution in [2.45, 2.75) is 0 Å². The van der Waals surface area contributed by atoms with Gasteiger partial charge in [0.05, 0.1) is 23.7 Å². The summed E-state index contributed by atoms with van der Waals surface area (Å²) in [6, 6.07) is 21.2. The van der Waals surface area contributed by atoms with E-state index in [1.165, 1.54) is 10.9 Å². The molecule has 0 aliphatic carbocycles. The molecule has 0 radical (unpaired) electrons. The van der Waals surface area contributed by atoms with E-state index in [1.807, 2.05) is 30.3 Å². The number of ether oxygens (including phenoxy) is 1. The van der Waals surface area contributed by atoms with Crippen LogP contribution in [-0.4, -0.2) is 22.6 Å². The van der Waals surface area contributed by atoms with E-state index in [0.29, 0.717) is 27.9 Å². The molecule has 3 aromatic carbocycles. The molecule has 0 saturated heterocycles. The Balaban J connectivity index is 1.66. The Morgan fingerprint density at radius 3 is 2.61 bits per heavy atom. The van der Waals surface area contributed by atoms with E-state index in [2.05, 4.69) is 10.3 Å². The van der Waals surface area contributed by atoms with Crippen LogP contribution >= 0.6 is 0 Å². The Hall–Kier alpha value is -3.93. The van der Waals surface area contributed by atoms with E-state index in [1.54, 1.807) is 49.6 Å². The summed E-state index contributed by atoms with van der Waals surface area (Å²) >= 11 is 0. The minimum Gasteiger partial charge on any atom is -0.497 e. The van der Waals surface area contributed by atoms with E-state index < -0.39 is 0 Å². The first kappa shape index (κ1) is 17.5.